The van der Waals surface area contributed by atoms with Gasteiger partial charge in [0.2, 0.25) is 5.91 Å². The fourth-order valence-corrected chi connectivity index (χ4v) is 2.41. The first kappa shape index (κ1) is 16.4. The second kappa shape index (κ2) is 7.00. The van der Waals surface area contributed by atoms with E-state index in [0.29, 0.717) is 23.4 Å². The monoisotopic (exact) mass is 339 g/mol. The first-order valence-corrected chi connectivity index (χ1v) is 7.81. The molecule has 1 aromatic carbocycles. The van der Waals surface area contributed by atoms with E-state index in [-0.39, 0.29) is 18.1 Å². The number of rotatable bonds is 5. The second-order valence-electron chi connectivity index (χ2n) is 5.36. The highest BCUT2D eigenvalue weighted by molar-refractivity contribution is 5.97. The average molecular weight is 339 g/mol. The Labute approximate surface area is 143 Å². The smallest absolute Gasteiger partial charge is 0.350 e. The molecule has 2 aromatic heterocycles. The Balaban J connectivity index is 1.74. The number of aromatic nitrogens is 3. The molecule has 3 rings (SSSR count). The van der Waals surface area contributed by atoms with E-state index in [9.17, 15) is 14.4 Å². The van der Waals surface area contributed by atoms with Crippen LogP contribution in [0.5, 0.6) is 0 Å². The van der Waals surface area contributed by atoms with Crippen LogP contribution >= 0.6 is 0 Å². The van der Waals surface area contributed by atoms with Gasteiger partial charge in [0, 0.05) is 24.0 Å². The van der Waals surface area contributed by atoms with E-state index in [1.54, 1.807) is 48.7 Å². The molecule has 0 aliphatic rings. The minimum atomic E-state index is -0.404. The van der Waals surface area contributed by atoms with Crippen LogP contribution in [0.2, 0.25) is 0 Å². The quantitative estimate of drug-likeness (QED) is 0.721. The lowest BCUT2D eigenvalue weighted by Gasteiger charge is -2.07. The number of hydrogen-bond acceptors (Lipinski definition) is 4. The third-order valence-corrected chi connectivity index (χ3v) is 3.53. The van der Waals surface area contributed by atoms with Crippen LogP contribution in [0.3, 0.4) is 0 Å². The van der Waals surface area contributed by atoms with Crippen molar-refractivity contribution in [1.29, 1.82) is 0 Å². The highest BCUT2D eigenvalue weighted by atomic mass is 16.2. The SMILES string of the molecule is CCNC(=O)c1cccc(NC(=O)Cn2nc3ccccn3c2=O)c1. The van der Waals surface area contributed by atoms with Crippen molar-refractivity contribution in [2.75, 3.05) is 11.9 Å². The van der Waals surface area contributed by atoms with Gasteiger partial charge >= 0.3 is 5.69 Å². The zero-order valence-electron chi connectivity index (χ0n) is 13.6. The van der Waals surface area contributed by atoms with Gasteiger partial charge in [0.25, 0.3) is 5.91 Å². The number of pyridine rings is 1. The Bertz CT molecular complexity index is 989. The first-order chi connectivity index (χ1) is 12.1. The van der Waals surface area contributed by atoms with Crippen LogP contribution in [0, 0.1) is 0 Å². The topological polar surface area (TPSA) is 97.5 Å². The summed E-state index contributed by atoms with van der Waals surface area (Å²) in [5.41, 5.74) is 1.01. The number of nitrogens with zero attached hydrogens (tertiary/aromatic N) is 3. The van der Waals surface area contributed by atoms with Crippen LogP contribution in [-0.2, 0) is 11.3 Å². The predicted octanol–water partition coefficient (Wildman–Crippen LogP) is 0.884. The van der Waals surface area contributed by atoms with Crippen LogP contribution in [0.4, 0.5) is 5.69 Å². The van der Waals surface area contributed by atoms with Gasteiger partial charge in [-0.3, -0.25) is 14.0 Å². The average Bonchev–Trinajstić information content (AvgIpc) is 2.91. The molecular weight excluding hydrogens is 322 g/mol. The molecule has 2 N–H and O–H groups in total. The Hall–Kier alpha value is -3.42. The maximum Gasteiger partial charge on any atom is 0.350 e. The third-order valence-electron chi connectivity index (χ3n) is 3.53. The number of benzene rings is 1. The van der Waals surface area contributed by atoms with Crippen LogP contribution in [0.25, 0.3) is 5.65 Å². The standard InChI is InChI=1S/C17H17N5O3/c1-2-18-16(24)12-6-5-7-13(10-12)19-15(23)11-22-17(25)21-9-4-3-8-14(21)20-22/h3-10H,2,11H2,1H3,(H,18,24)(H,19,23). The van der Waals surface area contributed by atoms with E-state index in [4.69, 9.17) is 0 Å². The van der Waals surface area contributed by atoms with Gasteiger partial charge < -0.3 is 10.6 Å². The molecule has 25 heavy (non-hydrogen) atoms. The van der Waals surface area contributed by atoms with Gasteiger partial charge in [-0.1, -0.05) is 12.1 Å². The number of hydrogen-bond donors (Lipinski definition) is 2. The van der Waals surface area contributed by atoms with Crippen LogP contribution in [0.1, 0.15) is 17.3 Å². The first-order valence-electron chi connectivity index (χ1n) is 7.81. The third kappa shape index (κ3) is 3.57. The molecule has 0 spiro atoms. The van der Waals surface area contributed by atoms with Crippen molar-refractivity contribution in [3.63, 3.8) is 0 Å². The Kier molecular flexibility index (Phi) is 4.60. The van der Waals surface area contributed by atoms with Crippen LogP contribution < -0.4 is 16.3 Å². The molecule has 128 valence electrons. The van der Waals surface area contributed by atoms with Crippen molar-refractivity contribution >= 4 is 23.1 Å². The predicted molar refractivity (Wildman–Crippen MR) is 92.5 cm³/mol. The lowest BCUT2D eigenvalue weighted by molar-refractivity contribution is -0.117. The summed E-state index contributed by atoms with van der Waals surface area (Å²) >= 11 is 0. The van der Waals surface area contributed by atoms with Crippen molar-refractivity contribution in [3.05, 3.63) is 64.7 Å². The van der Waals surface area contributed by atoms with Gasteiger partial charge in [0.15, 0.2) is 5.65 Å². The second-order valence-corrected chi connectivity index (χ2v) is 5.36. The Morgan fingerprint density at radius 2 is 2.00 bits per heavy atom. The maximum atomic E-state index is 12.2. The molecule has 0 aliphatic carbocycles. The maximum absolute atomic E-state index is 12.2. The van der Waals surface area contributed by atoms with Crippen LogP contribution in [0.15, 0.2) is 53.5 Å². The van der Waals surface area contributed by atoms with E-state index in [0.717, 1.165) is 4.68 Å². The summed E-state index contributed by atoms with van der Waals surface area (Å²) in [4.78, 5) is 36.2. The zero-order chi connectivity index (χ0) is 17.8. The molecule has 0 saturated carbocycles. The molecule has 2 amide bonds. The molecule has 0 radical (unpaired) electrons. The molecule has 0 atom stereocenters. The lowest BCUT2D eigenvalue weighted by atomic mass is 10.2. The molecule has 0 saturated heterocycles. The van der Waals surface area contributed by atoms with Crippen molar-refractivity contribution in [2.24, 2.45) is 0 Å². The van der Waals surface area contributed by atoms with Crippen molar-refractivity contribution < 1.29 is 9.59 Å². The molecule has 0 bridgehead atoms. The molecule has 2 heterocycles. The Morgan fingerprint density at radius 3 is 2.76 bits per heavy atom. The summed E-state index contributed by atoms with van der Waals surface area (Å²) in [6.07, 6.45) is 1.59. The molecule has 8 heteroatoms. The summed E-state index contributed by atoms with van der Waals surface area (Å²) in [7, 11) is 0. The van der Waals surface area contributed by atoms with Crippen molar-refractivity contribution in [3.8, 4) is 0 Å². The minimum Gasteiger partial charge on any atom is -0.352 e. The number of anilines is 1. The molecule has 8 nitrogen and oxygen atoms in total. The zero-order valence-corrected chi connectivity index (χ0v) is 13.6. The minimum absolute atomic E-state index is 0.213. The van der Waals surface area contributed by atoms with Crippen molar-refractivity contribution in [2.45, 2.75) is 13.5 Å². The van der Waals surface area contributed by atoms with E-state index in [2.05, 4.69) is 15.7 Å². The molecule has 3 aromatic rings. The van der Waals surface area contributed by atoms with Gasteiger partial charge in [-0.2, -0.15) is 0 Å². The van der Waals surface area contributed by atoms with E-state index in [1.807, 2.05) is 6.92 Å². The normalized spacial score (nSPS) is 10.6. The van der Waals surface area contributed by atoms with Crippen LogP contribution in [-0.4, -0.2) is 32.5 Å². The summed E-state index contributed by atoms with van der Waals surface area (Å²) in [6, 6.07) is 11.8. The number of nitrogens with one attached hydrogen (secondary N) is 2. The fraction of sp³-hybridized carbons (Fsp3) is 0.176. The highest BCUT2D eigenvalue weighted by Gasteiger charge is 2.11. The van der Waals surface area contributed by atoms with Gasteiger partial charge in [0.05, 0.1) is 0 Å². The summed E-state index contributed by atoms with van der Waals surface area (Å²) < 4.78 is 2.46. The number of carbonyl (C=O) groups is 2. The van der Waals surface area contributed by atoms with Gasteiger partial charge in [-0.25, -0.2) is 9.48 Å². The fourth-order valence-electron chi connectivity index (χ4n) is 2.41. The summed E-state index contributed by atoms with van der Waals surface area (Å²) in [5, 5.41) is 9.47. The lowest BCUT2D eigenvalue weighted by Crippen LogP contribution is -2.28. The van der Waals surface area contributed by atoms with Gasteiger partial charge in [-0.05, 0) is 37.3 Å². The molecule has 0 unspecified atom stereocenters. The Morgan fingerprint density at radius 1 is 1.16 bits per heavy atom. The molecule has 0 aliphatic heterocycles. The van der Waals surface area contributed by atoms with E-state index < -0.39 is 5.91 Å². The number of fused-ring (bicyclic) bond motifs is 1. The van der Waals surface area contributed by atoms with E-state index in [1.165, 1.54) is 4.40 Å². The van der Waals surface area contributed by atoms with Gasteiger partial charge in [0.1, 0.15) is 6.54 Å². The number of carbonyl (C=O) groups excluding carboxylic acids is 2. The molecule has 0 fully saturated rings. The highest BCUT2D eigenvalue weighted by Crippen LogP contribution is 2.10. The van der Waals surface area contributed by atoms with Crippen molar-refractivity contribution in [1.82, 2.24) is 19.5 Å². The molecular formula is C17H17N5O3. The van der Waals surface area contributed by atoms with Gasteiger partial charge in [-0.15, -0.1) is 5.10 Å². The van der Waals surface area contributed by atoms with E-state index >= 15 is 0 Å². The number of amides is 2. The largest absolute Gasteiger partial charge is 0.352 e. The summed E-state index contributed by atoms with van der Waals surface area (Å²) in [6.45, 7) is 2.13. The summed E-state index contributed by atoms with van der Waals surface area (Å²) in [5.74, 6) is -0.617.